The van der Waals surface area contributed by atoms with E-state index in [1.165, 1.54) is 19.4 Å². The largest absolute Gasteiger partial charge is 0.465 e. The number of carbonyl (C=O) groups is 2. The number of methoxy groups -OCH3 is 1. The lowest BCUT2D eigenvalue weighted by Crippen LogP contribution is -2.19. The number of anilines is 1. The fraction of sp³-hybridized carbons (Fsp3) is 0.267. The lowest BCUT2D eigenvalue weighted by molar-refractivity contribution is -0.112. The molecule has 1 amide bonds. The first kappa shape index (κ1) is 17.2. The maximum Gasteiger partial charge on any atom is 0.339 e. The number of nitrogens with one attached hydrogen (secondary N) is 2. The molecule has 0 radical (unpaired) electrons. The normalized spacial score (nSPS) is 10.5. The molecule has 7 nitrogen and oxygen atoms in total. The van der Waals surface area contributed by atoms with E-state index in [4.69, 9.17) is 10.4 Å². The molecule has 1 aromatic rings. The monoisotopic (exact) mass is 303 g/mol. The van der Waals surface area contributed by atoms with Gasteiger partial charge in [-0.1, -0.05) is 12.1 Å². The molecule has 3 N–H and O–H groups in total. The molecule has 0 saturated carbocycles. The molecule has 0 fully saturated rings. The molecule has 1 aromatic carbocycles. The van der Waals surface area contributed by atoms with Crippen LogP contribution in [0.15, 0.2) is 36.0 Å². The van der Waals surface area contributed by atoms with Gasteiger partial charge in [-0.25, -0.2) is 4.79 Å². The van der Waals surface area contributed by atoms with Gasteiger partial charge >= 0.3 is 5.97 Å². The number of ether oxygens (including phenoxy) is 1. The lowest BCUT2D eigenvalue weighted by Gasteiger charge is -2.09. The lowest BCUT2D eigenvalue weighted by atomic mass is 10.1. The van der Waals surface area contributed by atoms with Crippen LogP contribution in [-0.4, -0.2) is 37.2 Å². The third kappa shape index (κ3) is 4.92. The Hall–Kier alpha value is -2.85. The molecule has 0 unspecified atom stereocenters. The van der Waals surface area contributed by atoms with E-state index >= 15 is 0 Å². The third-order valence-corrected chi connectivity index (χ3v) is 2.67. The Bertz CT molecular complexity index is 605. The predicted molar refractivity (Wildman–Crippen MR) is 79.8 cm³/mol. The number of hydrogen-bond donors (Lipinski definition) is 3. The van der Waals surface area contributed by atoms with E-state index in [1.807, 2.05) is 0 Å². The number of hydrogen-bond acceptors (Lipinski definition) is 6. The summed E-state index contributed by atoms with van der Waals surface area (Å²) in [6, 6.07) is 8.11. The zero-order valence-electron chi connectivity index (χ0n) is 12.1. The predicted octanol–water partition coefficient (Wildman–Crippen LogP) is 0.791. The van der Waals surface area contributed by atoms with Crippen LogP contribution < -0.4 is 10.6 Å². The van der Waals surface area contributed by atoms with Crippen molar-refractivity contribution in [1.82, 2.24) is 5.32 Å². The van der Waals surface area contributed by atoms with Crippen molar-refractivity contribution in [3.05, 3.63) is 41.6 Å². The second-order valence-electron chi connectivity index (χ2n) is 4.19. The maximum absolute atomic E-state index is 12.0. The molecule has 1 rings (SSSR count). The average molecular weight is 303 g/mol. The van der Waals surface area contributed by atoms with Crippen molar-refractivity contribution in [3.8, 4) is 6.07 Å². The molecule has 0 saturated heterocycles. The molecule has 22 heavy (non-hydrogen) atoms. The van der Waals surface area contributed by atoms with Crippen LogP contribution in [-0.2, 0) is 9.53 Å². The number of aliphatic hydroxyl groups is 1. The summed E-state index contributed by atoms with van der Waals surface area (Å²) in [5, 5.41) is 22.9. The number of para-hydroxylation sites is 1. The van der Waals surface area contributed by atoms with Crippen molar-refractivity contribution in [3.63, 3.8) is 0 Å². The van der Waals surface area contributed by atoms with Gasteiger partial charge in [-0.2, -0.15) is 5.26 Å². The Morgan fingerprint density at radius 1 is 1.41 bits per heavy atom. The summed E-state index contributed by atoms with van der Waals surface area (Å²) in [6.07, 6.45) is 1.77. The molecule has 0 heterocycles. The number of amides is 1. The molecule has 0 aliphatic carbocycles. The number of benzene rings is 1. The van der Waals surface area contributed by atoms with Crippen molar-refractivity contribution >= 4 is 17.6 Å². The molecule has 116 valence electrons. The third-order valence-electron chi connectivity index (χ3n) is 2.67. The Morgan fingerprint density at radius 2 is 2.14 bits per heavy atom. The Morgan fingerprint density at radius 3 is 2.77 bits per heavy atom. The van der Waals surface area contributed by atoms with Gasteiger partial charge in [-0.3, -0.25) is 4.79 Å². The van der Waals surface area contributed by atoms with Gasteiger partial charge in [0.05, 0.1) is 18.4 Å². The molecule has 0 aliphatic heterocycles. The number of nitriles is 1. The standard InChI is InChI=1S/C15H17N3O4/c1-22-15(21)12-5-2-3-6-13(12)18-14(20)11(9-16)10-17-7-4-8-19/h2-3,5-6,10,17,19H,4,7-8H2,1H3,(H,18,20)/b11-10-. The molecule has 0 aromatic heterocycles. The van der Waals surface area contributed by atoms with Crippen LogP contribution in [0.1, 0.15) is 16.8 Å². The fourth-order valence-electron chi connectivity index (χ4n) is 1.57. The molecule has 0 spiro atoms. The second-order valence-corrected chi connectivity index (χ2v) is 4.19. The van der Waals surface area contributed by atoms with Gasteiger partial charge in [0.15, 0.2) is 0 Å². The van der Waals surface area contributed by atoms with Gasteiger partial charge in [0.2, 0.25) is 0 Å². The number of carbonyl (C=O) groups excluding carboxylic acids is 2. The number of esters is 1. The van der Waals surface area contributed by atoms with Crippen LogP contribution in [0.2, 0.25) is 0 Å². The van der Waals surface area contributed by atoms with Crippen molar-refractivity contribution in [1.29, 1.82) is 5.26 Å². The highest BCUT2D eigenvalue weighted by Crippen LogP contribution is 2.16. The Balaban J connectivity index is 2.83. The Kier molecular flexibility index (Phi) is 7.16. The highest BCUT2D eigenvalue weighted by molar-refractivity contribution is 6.09. The minimum Gasteiger partial charge on any atom is -0.465 e. The van der Waals surface area contributed by atoms with Gasteiger partial charge in [-0.05, 0) is 18.6 Å². The molecule has 0 atom stereocenters. The maximum atomic E-state index is 12.0. The molecular weight excluding hydrogens is 286 g/mol. The summed E-state index contributed by atoms with van der Waals surface area (Å²) in [5.74, 6) is -1.23. The van der Waals surface area contributed by atoms with E-state index in [2.05, 4.69) is 15.4 Å². The van der Waals surface area contributed by atoms with Crippen LogP contribution in [0.5, 0.6) is 0 Å². The van der Waals surface area contributed by atoms with Crippen LogP contribution in [0.3, 0.4) is 0 Å². The van der Waals surface area contributed by atoms with Crippen molar-refractivity contribution < 1.29 is 19.4 Å². The smallest absolute Gasteiger partial charge is 0.339 e. The van der Waals surface area contributed by atoms with Crippen molar-refractivity contribution in [2.45, 2.75) is 6.42 Å². The van der Waals surface area contributed by atoms with Crippen LogP contribution in [0, 0.1) is 11.3 Å². The van der Waals surface area contributed by atoms with Gasteiger partial charge in [-0.15, -0.1) is 0 Å². The first-order valence-corrected chi connectivity index (χ1v) is 6.57. The summed E-state index contributed by atoms with van der Waals surface area (Å²) < 4.78 is 4.63. The van der Waals surface area contributed by atoms with Gasteiger partial charge in [0.25, 0.3) is 5.91 Å². The average Bonchev–Trinajstić information content (AvgIpc) is 2.54. The Labute approximate surface area is 128 Å². The minimum absolute atomic E-state index is 0.0153. The quantitative estimate of drug-likeness (QED) is 0.297. The highest BCUT2D eigenvalue weighted by atomic mass is 16.5. The zero-order chi connectivity index (χ0) is 16.4. The zero-order valence-corrected chi connectivity index (χ0v) is 12.1. The van der Waals surface area contributed by atoms with Crippen LogP contribution >= 0.6 is 0 Å². The number of rotatable bonds is 7. The van der Waals surface area contributed by atoms with Gasteiger partial charge in [0.1, 0.15) is 11.6 Å². The van der Waals surface area contributed by atoms with Gasteiger partial charge < -0.3 is 20.5 Å². The summed E-state index contributed by atoms with van der Waals surface area (Å²) in [4.78, 5) is 23.6. The number of nitrogens with zero attached hydrogens (tertiary/aromatic N) is 1. The van der Waals surface area contributed by atoms with Crippen LogP contribution in [0.25, 0.3) is 0 Å². The van der Waals surface area contributed by atoms with Crippen molar-refractivity contribution in [2.24, 2.45) is 0 Å². The summed E-state index contributed by atoms with van der Waals surface area (Å²) in [7, 11) is 1.24. The van der Waals surface area contributed by atoms with Crippen molar-refractivity contribution in [2.75, 3.05) is 25.6 Å². The van der Waals surface area contributed by atoms with E-state index in [0.29, 0.717) is 13.0 Å². The first-order chi connectivity index (χ1) is 10.6. The molecular formula is C15H17N3O4. The molecule has 0 bridgehead atoms. The van der Waals surface area contributed by atoms with E-state index in [0.717, 1.165) is 0 Å². The first-order valence-electron chi connectivity index (χ1n) is 6.57. The fourth-order valence-corrected chi connectivity index (χ4v) is 1.57. The second kappa shape index (κ2) is 9.15. The highest BCUT2D eigenvalue weighted by Gasteiger charge is 2.15. The molecule has 7 heteroatoms. The van der Waals surface area contributed by atoms with E-state index < -0.39 is 11.9 Å². The summed E-state index contributed by atoms with van der Waals surface area (Å²) in [6.45, 7) is 0.454. The van der Waals surface area contributed by atoms with E-state index in [-0.39, 0.29) is 23.4 Å². The van der Waals surface area contributed by atoms with E-state index in [9.17, 15) is 9.59 Å². The van der Waals surface area contributed by atoms with E-state index in [1.54, 1.807) is 24.3 Å². The summed E-state index contributed by atoms with van der Waals surface area (Å²) >= 11 is 0. The minimum atomic E-state index is -0.643. The topological polar surface area (TPSA) is 111 Å². The SMILES string of the molecule is COC(=O)c1ccccc1NC(=O)/C(C#N)=C\NCCCO. The van der Waals surface area contributed by atoms with Gasteiger partial charge in [0, 0.05) is 19.4 Å². The van der Waals surface area contributed by atoms with Crippen LogP contribution in [0.4, 0.5) is 5.69 Å². The number of aliphatic hydroxyl groups excluding tert-OH is 1. The summed E-state index contributed by atoms with van der Waals surface area (Å²) in [5.41, 5.74) is 0.317. The molecule has 0 aliphatic rings.